The van der Waals surface area contributed by atoms with Crippen LogP contribution in [0.5, 0.6) is 0 Å². The topological polar surface area (TPSA) is 54.9 Å². The molecule has 0 aliphatic carbocycles. The molecule has 0 radical (unpaired) electrons. The fourth-order valence-corrected chi connectivity index (χ4v) is 2.72. The number of anilines is 1. The molecule has 4 nitrogen and oxygen atoms in total. The minimum atomic E-state index is -0.306. The highest BCUT2D eigenvalue weighted by Crippen LogP contribution is 2.21. The molecule has 0 spiro atoms. The van der Waals surface area contributed by atoms with Crippen molar-refractivity contribution in [2.24, 2.45) is 0 Å². The number of benzene rings is 1. The summed E-state index contributed by atoms with van der Waals surface area (Å²) in [6.07, 6.45) is 2.91. The van der Waals surface area contributed by atoms with Crippen molar-refractivity contribution < 1.29 is 4.79 Å². The minimum absolute atomic E-state index is 0.153. The van der Waals surface area contributed by atoms with Gasteiger partial charge < -0.3 is 5.32 Å². The molecule has 2 aromatic rings. The van der Waals surface area contributed by atoms with E-state index in [1.807, 2.05) is 6.07 Å². The number of hydrogen-bond acceptors (Lipinski definition) is 3. The van der Waals surface area contributed by atoms with Crippen molar-refractivity contribution in [3.63, 3.8) is 0 Å². The Labute approximate surface area is 125 Å². The fraction of sp³-hybridized carbons (Fsp3) is 0. The maximum Gasteiger partial charge on any atom is 0.256 e. The first-order valence-electron chi connectivity index (χ1n) is 4.80. The van der Waals surface area contributed by atoms with E-state index in [-0.39, 0.29) is 16.9 Å². The predicted molar refractivity (Wildman–Crippen MR) is 76.8 cm³/mol. The van der Waals surface area contributed by atoms with Crippen LogP contribution in [0.3, 0.4) is 0 Å². The molecule has 0 unspecified atom stereocenters. The third-order valence-electron chi connectivity index (χ3n) is 2.01. The number of rotatable bonds is 2. The summed E-state index contributed by atoms with van der Waals surface area (Å²) in [7, 11) is 0. The molecule has 0 saturated carbocycles. The van der Waals surface area contributed by atoms with Crippen molar-refractivity contribution >= 4 is 55.2 Å². The molecule has 0 saturated heterocycles. The molecule has 92 valence electrons. The van der Waals surface area contributed by atoms with Crippen molar-refractivity contribution in [2.75, 3.05) is 5.32 Å². The van der Waals surface area contributed by atoms with Crippen molar-refractivity contribution in [2.45, 2.75) is 0 Å². The SMILES string of the molecule is O=C(Nc1nccnc1Cl)c1cc(Br)cc(Br)c1. The Kier molecular flexibility index (Phi) is 4.31. The average molecular weight is 391 g/mol. The van der Waals surface area contributed by atoms with Crippen LogP contribution in [-0.2, 0) is 0 Å². The molecule has 7 heteroatoms. The van der Waals surface area contributed by atoms with E-state index >= 15 is 0 Å². The Bertz CT molecular complexity index is 586. The van der Waals surface area contributed by atoms with E-state index in [2.05, 4.69) is 47.1 Å². The lowest BCUT2D eigenvalue weighted by Gasteiger charge is -2.06. The molecule has 0 aliphatic heterocycles. The van der Waals surface area contributed by atoms with Gasteiger partial charge in [0.2, 0.25) is 0 Å². The summed E-state index contributed by atoms with van der Waals surface area (Å²) < 4.78 is 1.60. The number of halogens is 3. The lowest BCUT2D eigenvalue weighted by molar-refractivity contribution is 0.102. The van der Waals surface area contributed by atoms with E-state index in [9.17, 15) is 4.79 Å². The van der Waals surface area contributed by atoms with Crippen LogP contribution in [0.25, 0.3) is 0 Å². The Morgan fingerprint density at radius 3 is 2.33 bits per heavy atom. The zero-order valence-electron chi connectivity index (χ0n) is 8.82. The number of amides is 1. The third kappa shape index (κ3) is 3.28. The lowest BCUT2D eigenvalue weighted by atomic mass is 10.2. The van der Waals surface area contributed by atoms with Crippen LogP contribution in [0.4, 0.5) is 5.82 Å². The van der Waals surface area contributed by atoms with Gasteiger partial charge in [0.1, 0.15) is 0 Å². The maximum atomic E-state index is 12.0. The Balaban J connectivity index is 2.25. The Morgan fingerprint density at radius 2 is 1.72 bits per heavy atom. The zero-order valence-corrected chi connectivity index (χ0v) is 12.8. The van der Waals surface area contributed by atoms with Crippen LogP contribution < -0.4 is 5.32 Å². The normalized spacial score (nSPS) is 10.2. The average Bonchev–Trinajstić information content (AvgIpc) is 2.31. The molecule has 1 N–H and O–H groups in total. The van der Waals surface area contributed by atoms with Gasteiger partial charge in [-0.1, -0.05) is 43.5 Å². The van der Waals surface area contributed by atoms with E-state index in [4.69, 9.17) is 11.6 Å². The van der Waals surface area contributed by atoms with Gasteiger partial charge in [-0.2, -0.15) is 0 Å². The molecule has 2 rings (SSSR count). The van der Waals surface area contributed by atoms with E-state index in [0.29, 0.717) is 5.56 Å². The first-order valence-corrected chi connectivity index (χ1v) is 6.76. The molecule has 1 aromatic carbocycles. The summed E-state index contributed by atoms with van der Waals surface area (Å²) in [5, 5.41) is 2.75. The predicted octanol–water partition coefficient (Wildman–Crippen LogP) is 3.91. The van der Waals surface area contributed by atoms with Gasteiger partial charge in [-0.05, 0) is 18.2 Å². The molecular formula is C11H6Br2ClN3O. The molecule has 18 heavy (non-hydrogen) atoms. The van der Waals surface area contributed by atoms with Gasteiger partial charge in [-0.15, -0.1) is 0 Å². The maximum absolute atomic E-state index is 12.0. The molecule has 0 fully saturated rings. The molecule has 0 atom stereocenters. The second-order valence-corrected chi connectivity index (χ2v) is 5.50. The lowest BCUT2D eigenvalue weighted by Crippen LogP contribution is -2.13. The standard InChI is InChI=1S/C11H6Br2ClN3O/c12-7-3-6(4-8(13)5-7)11(18)17-10-9(14)15-1-2-16-10/h1-5H,(H,16,17,18). The smallest absolute Gasteiger partial charge is 0.256 e. The third-order valence-corrected chi connectivity index (χ3v) is 3.20. The van der Waals surface area contributed by atoms with Gasteiger partial charge in [0.05, 0.1) is 0 Å². The quantitative estimate of drug-likeness (QED) is 0.845. The summed E-state index contributed by atoms with van der Waals surface area (Å²) in [5.74, 6) is -0.0698. The molecule has 1 amide bonds. The number of hydrogen-bond donors (Lipinski definition) is 1. The summed E-state index contributed by atoms with van der Waals surface area (Å²) in [6, 6.07) is 5.24. The number of nitrogens with one attached hydrogen (secondary N) is 1. The van der Waals surface area contributed by atoms with E-state index in [1.54, 1.807) is 12.1 Å². The van der Waals surface area contributed by atoms with Crippen LogP contribution in [-0.4, -0.2) is 15.9 Å². The number of carbonyl (C=O) groups is 1. The van der Waals surface area contributed by atoms with Crippen LogP contribution in [0.2, 0.25) is 5.15 Å². The number of carbonyl (C=O) groups excluding carboxylic acids is 1. The van der Waals surface area contributed by atoms with Gasteiger partial charge in [0.15, 0.2) is 11.0 Å². The van der Waals surface area contributed by atoms with Crippen molar-refractivity contribution in [1.29, 1.82) is 0 Å². The van der Waals surface area contributed by atoms with Gasteiger partial charge in [0, 0.05) is 26.9 Å². The molecule has 0 aliphatic rings. The first kappa shape index (κ1) is 13.5. The van der Waals surface area contributed by atoms with Crippen LogP contribution in [0, 0.1) is 0 Å². The van der Waals surface area contributed by atoms with Crippen molar-refractivity contribution in [1.82, 2.24) is 9.97 Å². The number of nitrogens with zero attached hydrogens (tertiary/aromatic N) is 2. The van der Waals surface area contributed by atoms with Gasteiger partial charge in [0.25, 0.3) is 5.91 Å². The van der Waals surface area contributed by atoms with Crippen molar-refractivity contribution in [3.05, 3.63) is 50.3 Å². The van der Waals surface area contributed by atoms with Crippen molar-refractivity contribution in [3.8, 4) is 0 Å². The Hall–Kier alpha value is -0.980. The highest BCUT2D eigenvalue weighted by atomic mass is 79.9. The van der Waals surface area contributed by atoms with Crippen LogP contribution >= 0.6 is 43.5 Å². The number of aromatic nitrogens is 2. The molecule has 0 bridgehead atoms. The monoisotopic (exact) mass is 389 g/mol. The first-order chi connectivity index (χ1) is 8.56. The fourth-order valence-electron chi connectivity index (χ4n) is 1.27. The second-order valence-electron chi connectivity index (χ2n) is 3.31. The largest absolute Gasteiger partial charge is 0.304 e. The second kappa shape index (κ2) is 5.77. The summed E-state index contributed by atoms with van der Waals surface area (Å²) in [5.41, 5.74) is 0.484. The molecule has 1 aromatic heterocycles. The highest BCUT2D eigenvalue weighted by Gasteiger charge is 2.11. The summed E-state index contributed by atoms with van der Waals surface area (Å²) in [6.45, 7) is 0. The zero-order chi connectivity index (χ0) is 13.1. The highest BCUT2D eigenvalue weighted by molar-refractivity contribution is 9.11. The molecular weight excluding hydrogens is 385 g/mol. The summed E-state index contributed by atoms with van der Waals surface area (Å²) >= 11 is 12.4. The van der Waals surface area contributed by atoms with E-state index in [1.165, 1.54) is 12.4 Å². The minimum Gasteiger partial charge on any atom is -0.304 e. The van der Waals surface area contributed by atoms with Crippen LogP contribution in [0.15, 0.2) is 39.5 Å². The molecule has 1 heterocycles. The van der Waals surface area contributed by atoms with E-state index < -0.39 is 0 Å². The Morgan fingerprint density at radius 1 is 1.11 bits per heavy atom. The van der Waals surface area contributed by atoms with E-state index in [0.717, 1.165) is 8.95 Å². The van der Waals surface area contributed by atoms with Gasteiger partial charge in [-0.25, -0.2) is 9.97 Å². The summed E-state index contributed by atoms with van der Waals surface area (Å²) in [4.78, 5) is 19.8. The van der Waals surface area contributed by atoms with Crippen LogP contribution in [0.1, 0.15) is 10.4 Å². The van der Waals surface area contributed by atoms with Gasteiger partial charge in [-0.3, -0.25) is 4.79 Å². The van der Waals surface area contributed by atoms with Gasteiger partial charge >= 0.3 is 0 Å².